The molecule has 5 heteroatoms. The van der Waals surface area contributed by atoms with E-state index in [0.717, 1.165) is 43.4 Å². The Bertz CT molecular complexity index is 697. The normalized spacial score (nSPS) is 18.4. The highest BCUT2D eigenvalue weighted by Gasteiger charge is 2.26. The Kier molecular flexibility index (Phi) is 5.28. The van der Waals surface area contributed by atoms with Crippen LogP contribution in [0.2, 0.25) is 0 Å². The molecule has 2 aromatic rings. The summed E-state index contributed by atoms with van der Waals surface area (Å²) in [6, 6.07) is 6.65. The minimum absolute atomic E-state index is 0.0185. The van der Waals surface area contributed by atoms with E-state index in [4.69, 9.17) is 0 Å². The van der Waals surface area contributed by atoms with Gasteiger partial charge in [-0.1, -0.05) is 25.0 Å². The van der Waals surface area contributed by atoms with Crippen molar-refractivity contribution in [1.29, 1.82) is 0 Å². The van der Waals surface area contributed by atoms with E-state index in [0.29, 0.717) is 13.0 Å². The summed E-state index contributed by atoms with van der Waals surface area (Å²) in [7, 11) is 0. The largest absolute Gasteiger partial charge is 0.336 e. The summed E-state index contributed by atoms with van der Waals surface area (Å²) in [6.07, 6.45) is 8.27. The van der Waals surface area contributed by atoms with E-state index in [1.54, 1.807) is 18.3 Å². The first kappa shape index (κ1) is 16.7. The van der Waals surface area contributed by atoms with Crippen LogP contribution in [0.3, 0.4) is 0 Å². The fraction of sp³-hybridized carbons (Fsp3) is 0.474. The van der Waals surface area contributed by atoms with Crippen LogP contribution in [0.15, 0.2) is 36.7 Å². The molecular weight excluding hydrogens is 305 g/mol. The van der Waals surface area contributed by atoms with E-state index in [1.165, 1.54) is 6.07 Å². The Balaban J connectivity index is 1.72. The molecule has 1 aliphatic heterocycles. The third kappa shape index (κ3) is 4.02. The molecule has 0 saturated carbocycles. The minimum atomic E-state index is -0.240. The van der Waals surface area contributed by atoms with Gasteiger partial charge < -0.3 is 4.90 Å². The Hall–Kier alpha value is -2.17. The van der Waals surface area contributed by atoms with Gasteiger partial charge in [0.2, 0.25) is 5.91 Å². The summed E-state index contributed by atoms with van der Waals surface area (Å²) in [6.45, 7) is 3.32. The van der Waals surface area contributed by atoms with Crippen LogP contribution in [0.25, 0.3) is 0 Å². The average molecular weight is 329 g/mol. The number of halogens is 1. The molecule has 128 valence electrons. The quantitative estimate of drug-likeness (QED) is 0.854. The van der Waals surface area contributed by atoms with Crippen LogP contribution in [-0.2, 0) is 11.3 Å². The lowest BCUT2D eigenvalue weighted by Crippen LogP contribution is -2.35. The molecular formula is C19H24FN3O. The van der Waals surface area contributed by atoms with Crippen LogP contribution >= 0.6 is 0 Å². The van der Waals surface area contributed by atoms with Crippen LogP contribution in [0.1, 0.15) is 49.3 Å². The van der Waals surface area contributed by atoms with Crippen LogP contribution in [0.4, 0.5) is 4.39 Å². The predicted octanol–water partition coefficient (Wildman–Crippen LogP) is 3.86. The molecule has 0 radical (unpaired) electrons. The summed E-state index contributed by atoms with van der Waals surface area (Å²) in [4.78, 5) is 14.7. The lowest BCUT2D eigenvalue weighted by molar-refractivity contribution is -0.134. The molecule has 1 saturated heterocycles. The number of carbonyl (C=O) groups excluding carboxylic acids is 1. The van der Waals surface area contributed by atoms with E-state index in [9.17, 15) is 9.18 Å². The average Bonchev–Trinajstić information content (AvgIpc) is 2.84. The molecule has 0 unspecified atom stereocenters. The van der Waals surface area contributed by atoms with Gasteiger partial charge in [0.1, 0.15) is 5.82 Å². The van der Waals surface area contributed by atoms with Crippen LogP contribution in [0, 0.1) is 12.7 Å². The summed E-state index contributed by atoms with van der Waals surface area (Å²) in [5, 5.41) is 4.24. The lowest BCUT2D eigenvalue weighted by Gasteiger charge is -2.30. The van der Waals surface area contributed by atoms with Gasteiger partial charge in [0, 0.05) is 25.7 Å². The molecule has 3 rings (SSSR count). The molecule has 0 bridgehead atoms. The van der Waals surface area contributed by atoms with Crippen molar-refractivity contribution in [3.05, 3.63) is 53.6 Å². The molecule has 1 fully saturated rings. The maximum atomic E-state index is 13.6. The van der Waals surface area contributed by atoms with Gasteiger partial charge in [-0.3, -0.25) is 9.48 Å². The Morgan fingerprint density at radius 1 is 1.33 bits per heavy atom. The molecule has 1 aromatic heterocycles. The molecule has 0 aliphatic carbocycles. The number of amides is 1. The van der Waals surface area contributed by atoms with Gasteiger partial charge in [0.25, 0.3) is 0 Å². The zero-order valence-corrected chi connectivity index (χ0v) is 14.1. The van der Waals surface area contributed by atoms with Gasteiger partial charge in [-0.2, -0.15) is 5.10 Å². The number of rotatable bonds is 4. The van der Waals surface area contributed by atoms with Gasteiger partial charge in [-0.15, -0.1) is 0 Å². The number of likely N-dealkylation sites (tertiary alicyclic amines) is 1. The second kappa shape index (κ2) is 7.60. The predicted molar refractivity (Wildman–Crippen MR) is 90.9 cm³/mol. The first-order valence-corrected chi connectivity index (χ1v) is 8.67. The maximum Gasteiger partial charge on any atom is 0.224 e. The first-order chi connectivity index (χ1) is 11.6. The van der Waals surface area contributed by atoms with Crippen LogP contribution in [-0.4, -0.2) is 27.1 Å². The van der Waals surface area contributed by atoms with Crippen molar-refractivity contribution >= 4 is 5.91 Å². The third-order valence-electron chi connectivity index (χ3n) is 4.62. The molecule has 1 atom stereocenters. The van der Waals surface area contributed by atoms with Crippen molar-refractivity contribution in [3.63, 3.8) is 0 Å². The van der Waals surface area contributed by atoms with Gasteiger partial charge >= 0.3 is 0 Å². The highest BCUT2D eigenvalue weighted by Crippen LogP contribution is 2.31. The SMILES string of the molecule is Cc1cnn(CCC(=O)N2CCCCC[C@@H]2c2cccc(F)c2)c1. The molecule has 4 nitrogen and oxygen atoms in total. The third-order valence-corrected chi connectivity index (χ3v) is 4.62. The van der Waals surface area contributed by atoms with Crippen molar-refractivity contribution in [2.45, 2.75) is 51.6 Å². The summed E-state index contributed by atoms with van der Waals surface area (Å²) in [5.41, 5.74) is 2.00. The monoisotopic (exact) mass is 329 g/mol. The number of benzene rings is 1. The minimum Gasteiger partial charge on any atom is -0.336 e. The first-order valence-electron chi connectivity index (χ1n) is 8.67. The van der Waals surface area contributed by atoms with E-state index in [2.05, 4.69) is 5.10 Å². The standard InChI is InChI=1S/C19H24FN3O/c1-15-13-21-22(14-15)11-9-19(24)23-10-4-2-3-8-18(23)16-6-5-7-17(20)12-16/h5-7,12-14,18H,2-4,8-11H2,1H3/t18-/m1/s1. The smallest absolute Gasteiger partial charge is 0.224 e. The summed E-state index contributed by atoms with van der Waals surface area (Å²) >= 11 is 0. The van der Waals surface area contributed by atoms with Gasteiger partial charge in [0.05, 0.1) is 12.2 Å². The molecule has 2 heterocycles. The number of hydrogen-bond donors (Lipinski definition) is 0. The van der Waals surface area contributed by atoms with Crippen LogP contribution < -0.4 is 0 Å². The molecule has 0 spiro atoms. The topological polar surface area (TPSA) is 38.1 Å². The van der Waals surface area contributed by atoms with Crippen molar-refractivity contribution < 1.29 is 9.18 Å². The molecule has 24 heavy (non-hydrogen) atoms. The summed E-state index contributed by atoms with van der Waals surface area (Å²) < 4.78 is 15.4. The molecule has 0 N–H and O–H groups in total. The van der Waals surface area contributed by atoms with E-state index < -0.39 is 0 Å². The zero-order valence-electron chi connectivity index (χ0n) is 14.1. The van der Waals surface area contributed by atoms with E-state index in [1.807, 2.05) is 28.8 Å². The second-order valence-corrected chi connectivity index (χ2v) is 6.54. The van der Waals surface area contributed by atoms with Crippen molar-refractivity contribution in [2.24, 2.45) is 0 Å². The Labute approximate surface area is 142 Å². The van der Waals surface area contributed by atoms with E-state index >= 15 is 0 Å². The molecule has 1 amide bonds. The van der Waals surface area contributed by atoms with Crippen molar-refractivity contribution in [2.75, 3.05) is 6.54 Å². The van der Waals surface area contributed by atoms with Gasteiger partial charge in [-0.25, -0.2) is 4.39 Å². The lowest BCUT2D eigenvalue weighted by atomic mass is 10.0. The highest BCUT2D eigenvalue weighted by atomic mass is 19.1. The van der Waals surface area contributed by atoms with E-state index in [-0.39, 0.29) is 17.8 Å². The highest BCUT2D eigenvalue weighted by molar-refractivity contribution is 5.76. The Morgan fingerprint density at radius 3 is 2.96 bits per heavy atom. The Morgan fingerprint density at radius 2 is 2.21 bits per heavy atom. The number of carbonyl (C=O) groups is 1. The fourth-order valence-corrected chi connectivity index (χ4v) is 3.41. The fourth-order valence-electron chi connectivity index (χ4n) is 3.41. The van der Waals surface area contributed by atoms with Gasteiger partial charge in [0.15, 0.2) is 0 Å². The van der Waals surface area contributed by atoms with Crippen molar-refractivity contribution in [3.8, 4) is 0 Å². The van der Waals surface area contributed by atoms with Crippen molar-refractivity contribution in [1.82, 2.24) is 14.7 Å². The second-order valence-electron chi connectivity index (χ2n) is 6.54. The number of nitrogens with zero attached hydrogens (tertiary/aromatic N) is 3. The molecule has 1 aliphatic rings. The number of aromatic nitrogens is 2. The van der Waals surface area contributed by atoms with Gasteiger partial charge in [-0.05, 0) is 43.0 Å². The maximum absolute atomic E-state index is 13.6. The summed E-state index contributed by atoms with van der Waals surface area (Å²) in [5.74, 6) is -0.115. The molecule has 1 aromatic carbocycles. The zero-order chi connectivity index (χ0) is 16.9. The number of aryl methyl sites for hydroxylation is 2. The number of hydrogen-bond acceptors (Lipinski definition) is 2. The van der Waals surface area contributed by atoms with Crippen LogP contribution in [0.5, 0.6) is 0 Å².